The van der Waals surface area contributed by atoms with Crippen LogP contribution < -0.4 is 66.3 Å². The van der Waals surface area contributed by atoms with E-state index >= 15 is 0 Å². The second-order valence-corrected chi connectivity index (χ2v) is 18.0. The third kappa shape index (κ3) is 20.4. The molecule has 0 radical (unpaired) electrons. The number of primary amides is 3. The van der Waals surface area contributed by atoms with Crippen molar-refractivity contribution < 1.29 is 63.0 Å². The molecule has 2 rings (SSSR count). The standard InChI is InChI=1S/C45H72N14O13/c1-5-23(4)36(42(69)57-35(22(2)3)41(68)54-28(44(71)72)15-17-33(48)62)58-40(67)31-9-7-19-59(31)43(70)30(20-24-10-12-25(60)13-11-24)56-39(66)29(21-34(49)63)55-38(65)27(14-16-32(47)61)53-37(64)26(46)8-6-18-52-45(50)51/h10-13,22-23,26-31,35-36,60H,5-9,14-21,46H2,1-4H3,(H2,47,61)(H2,48,62)(H2,49,63)(H,53,64)(H,54,68)(H,55,65)(H,56,66)(H,57,69)(H,58,67)(H,71,72)(H4,50,51,52)/t23-,26-,27-,28-,29-,30-,31-,35-,36-/m0/s1. The van der Waals surface area contributed by atoms with E-state index in [1.807, 2.05) is 0 Å². The van der Waals surface area contributed by atoms with Gasteiger partial charge in [-0.2, -0.15) is 0 Å². The second-order valence-electron chi connectivity index (χ2n) is 18.0. The lowest BCUT2D eigenvalue weighted by molar-refractivity contribution is -0.143. The van der Waals surface area contributed by atoms with Gasteiger partial charge in [0.1, 0.15) is 48.0 Å². The second kappa shape index (κ2) is 29.6. The van der Waals surface area contributed by atoms with E-state index in [-0.39, 0.29) is 69.7 Å². The van der Waals surface area contributed by atoms with Crippen LogP contribution in [0.1, 0.15) is 97.5 Å². The molecule has 27 nitrogen and oxygen atoms in total. The maximum atomic E-state index is 14.6. The predicted octanol–water partition coefficient (Wildman–Crippen LogP) is -4.59. The fourth-order valence-electron chi connectivity index (χ4n) is 7.55. The van der Waals surface area contributed by atoms with Gasteiger partial charge in [-0.3, -0.25) is 52.9 Å². The first-order valence-corrected chi connectivity index (χ1v) is 23.5. The van der Waals surface area contributed by atoms with E-state index in [0.29, 0.717) is 18.4 Å². The number of carboxylic acid groups (broad SMARTS) is 1. The lowest BCUT2D eigenvalue weighted by Gasteiger charge is -2.32. The molecule has 9 atom stereocenters. The Morgan fingerprint density at radius 1 is 0.681 bits per heavy atom. The molecule has 0 unspecified atom stereocenters. The van der Waals surface area contributed by atoms with E-state index in [0.717, 1.165) is 0 Å². The van der Waals surface area contributed by atoms with Gasteiger partial charge in [-0.05, 0) is 68.1 Å². The summed E-state index contributed by atoms with van der Waals surface area (Å²) < 4.78 is 0. The Bertz CT molecular complexity index is 2140. The number of carbonyl (C=O) groups is 11. The van der Waals surface area contributed by atoms with Crippen molar-refractivity contribution in [2.75, 3.05) is 13.1 Å². The van der Waals surface area contributed by atoms with Crippen molar-refractivity contribution in [1.82, 2.24) is 36.8 Å². The number of aromatic hydroxyl groups is 1. The largest absolute Gasteiger partial charge is 0.508 e. The number of benzene rings is 1. The van der Waals surface area contributed by atoms with Gasteiger partial charge in [-0.15, -0.1) is 0 Å². The van der Waals surface area contributed by atoms with Gasteiger partial charge in [0, 0.05) is 32.4 Å². The van der Waals surface area contributed by atoms with Crippen molar-refractivity contribution >= 4 is 71.0 Å². The van der Waals surface area contributed by atoms with Crippen molar-refractivity contribution in [3.63, 3.8) is 0 Å². The zero-order valence-corrected chi connectivity index (χ0v) is 41.0. The first-order valence-electron chi connectivity index (χ1n) is 23.5. The quantitative estimate of drug-likeness (QED) is 0.0189. The average Bonchev–Trinajstić information content (AvgIpc) is 3.80. The Morgan fingerprint density at radius 3 is 1.76 bits per heavy atom. The zero-order valence-electron chi connectivity index (χ0n) is 41.0. The molecule has 1 fully saturated rings. The Labute approximate surface area is 416 Å². The van der Waals surface area contributed by atoms with E-state index in [1.165, 1.54) is 29.2 Å². The lowest BCUT2D eigenvalue weighted by Crippen LogP contribution is -2.61. The van der Waals surface area contributed by atoms with Crippen LogP contribution in [0.5, 0.6) is 5.75 Å². The summed E-state index contributed by atoms with van der Waals surface area (Å²) in [6.45, 7) is 6.79. The Hall–Kier alpha value is -7.58. The van der Waals surface area contributed by atoms with Gasteiger partial charge < -0.3 is 81.4 Å². The summed E-state index contributed by atoms with van der Waals surface area (Å²) in [6.07, 6.45) is -1.27. The summed E-state index contributed by atoms with van der Waals surface area (Å²) in [6, 6.07) is -5.57. The number of amides is 10. The third-order valence-corrected chi connectivity index (χ3v) is 11.8. The number of nitrogens with zero attached hydrogens (tertiary/aromatic N) is 2. The number of likely N-dealkylation sites (tertiary alicyclic amines) is 1. The molecule has 0 bridgehead atoms. The van der Waals surface area contributed by atoms with Gasteiger partial charge in [0.25, 0.3) is 0 Å². The van der Waals surface area contributed by atoms with Crippen LogP contribution >= 0.6 is 0 Å². The number of nitrogens with one attached hydrogen (secondary N) is 6. The van der Waals surface area contributed by atoms with Gasteiger partial charge >= 0.3 is 5.97 Å². The molecule has 400 valence electrons. The van der Waals surface area contributed by atoms with Crippen LogP contribution in [-0.2, 0) is 59.2 Å². The summed E-state index contributed by atoms with van der Waals surface area (Å²) in [5, 5.41) is 34.6. The monoisotopic (exact) mass is 1020 g/mol. The highest BCUT2D eigenvalue weighted by molar-refractivity contribution is 5.99. The normalized spacial score (nSPS) is 16.5. The molecule has 1 heterocycles. The summed E-state index contributed by atoms with van der Waals surface area (Å²) in [5.41, 5.74) is 33.0. The highest BCUT2D eigenvalue weighted by Gasteiger charge is 2.41. The van der Waals surface area contributed by atoms with E-state index < -0.39 is 138 Å². The van der Waals surface area contributed by atoms with Gasteiger partial charge in [-0.25, -0.2) is 4.79 Å². The number of hydrogen-bond donors (Lipinski definition) is 14. The highest BCUT2D eigenvalue weighted by Crippen LogP contribution is 2.22. The molecule has 1 aromatic carbocycles. The van der Waals surface area contributed by atoms with E-state index in [2.05, 4.69) is 36.9 Å². The lowest BCUT2D eigenvalue weighted by atomic mass is 9.95. The van der Waals surface area contributed by atoms with Crippen LogP contribution in [-0.4, -0.2) is 148 Å². The molecule has 27 heteroatoms. The van der Waals surface area contributed by atoms with Crippen molar-refractivity contribution in [2.24, 2.45) is 51.2 Å². The number of carbonyl (C=O) groups excluding carboxylic acids is 10. The molecule has 0 spiro atoms. The van der Waals surface area contributed by atoms with E-state index in [1.54, 1.807) is 27.7 Å². The van der Waals surface area contributed by atoms with E-state index in [4.69, 9.17) is 34.4 Å². The molecule has 1 aromatic rings. The molecule has 20 N–H and O–H groups in total. The molecule has 0 aromatic heterocycles. The topological polar surface area (TPSA) is 472 Å². The Kier molecular flexibility index (Phi) is 24.9. The molecular formula is C45H72N14O13. The Balaban J connectivity index is 2.43. The molecule has 1 aliphatic rings. The Morgan fingerprint density at radius 2 is 1.22 bits per heavy atom. The van der Waals surface area contributed by atoms with Crippen LogP contribution in [0.2, 0.25) is 0 Å². The van der Waals surface area contributed by atoms with Crippen molar-refractivity contribution in [1.29, 1.82) is 0 Å². The summed E-state index contributed by atoms with van der Waals surface area (Å²) in [5.74, 6) is -11.6. The van der Waals surface area contributed by atoms with Gasteiger partial charge in [0.2, 0.25) is 59.1 Å². The van der Waals surface area contributed by atoms with Gasteiger partial charge in [-0.1, -0.05) is 46.2 Å². The zero-order chi connectivity index (χ0) is 54.4. The molecule has 1 saturated heterocycles. The van der Waals surface area contributed by atoms with Crippen LogP contribution in [0.4, 0.5) is 0 Å². The third-order valence-electron chi connectivity index (χ3n) is 11.8. The molecule has 1 aliphatic heterocycles. The van der Waals surface area contributed by atoms with Crippen molar-refractivity contribution in [3.05, 3.63) is 29.8 Å². The molecule has 0 saturated carbocycles. The van der Waals surface area contributed by atoms with Crippen molar-refractivity contribution in [2.45, 2.75) is 147 Å². The number of carboxylic acids is 1. The molecule has 10 amide bonds. The smallest absolute Gasteiger partial charge is 0.326 e. The first kappa shape index (κ1) is 60.5. The summed E-state index contributed by atoms with van der Waals surface area (Å²) >= 11 is 0. The highest BCUT2D eigenvalue weighted by atomic mass is 16.4. The fourth-order valence-corrected chi connectivity index (χ4v) is 7.55. The fraction of sp³-hybridized carbons (Fsp3) is 0.600. The van der Waals surface area contributed by atoms with Crippen LogP contribution in [0.3, 0.4) is 0 Å². The van der Waals surface area contributed by atoms with Crippen LogP contribution in [0.15, 0.2) is 29.3 Å². The summed E-state index contributed by atoms with van der Waals surface area (Å²) in [7, 11) is 0. The predicted molar refractivity (Wildman–Crippen MR) is 259 cm³/mol. The minimum atomic E-state index is -1.76. The van der Waals surface area contributed by atoms with Crippen LogP contribution in [0.25, 0.3) is 0 Å². The number of aliphatic imine (C=N–C) groups is 1. The number of phenols is 1. The molecular weight excluding hydrogens is 945 g/mol. The number of rotatable bonds is 31. The minimum absolute atomic E-state index is 0.00821. The minimum Gasteiger partial charge on any atom is -0.508 e. The number of hydrogen-bond acceptors (Lipinski definition) is 14. The SMILES string of the molecule is CC[C@H](C)[C@H](NC(=O)[C@@H]1CCCN1C(=O)[C@H](Cc1ccc(O)cc1)NC(=O)[C@H](CC(N)=O)NC(=O)[C@H](CCC(N)=O)NC(=O)[C@@H](N)CCCN=C(N)N)C(=O)N[C@H](C(=O)N[C@@H](CCC(N)=O)C(=O)O)C(C)C. The van der Waals surface area contributed by atoms with Crippen molar-refractivity contribution in [3.8, 4) is 5.75 Å². The van der Waals surface area contributed by atoms with Crippen LogP contribution in [0, 0.1) is 11.8 Å². The number of phenolic OH excluding ortho intramolecular Hbond substituents is 1. The van der Waals surface area contributed by atoms with E-state index in [9.17, 15) is 63.0 Å². The maximum absolute atomic E-state index is 14.6. The first-order chi connectivity index (χ1) is 33.7. The van der Waals surface area contributed by atoms with Gasteiger partial charge in [0.15, 0.2) is 5.96 Å². The maximum Gasteiger partial charge on any atom is 0.326 e. The number of nitrogens with two attached hydrogens (primary N) is 6. The number of aliphatic carboxylic acids is 1. The van der Waals surface area contributed by atoms with Gasteiger partial charge in [0.05, 0.1) is 12.5 Å². The summed E-state index contributed by atoms with van der Waals surface area (Å²) in [4.78, 5) is 149. The number of guanidine groups is 1. The molecule has 0 aliphatic carbocycles. The average molecular weight is 1020 g/mol. The molecule has 72 heavy (non-hydrogen) atoms.